The summed E-state index contributed by atoms with van der Waals surface area (Å²) < 4.78 is 0. The molecule has 1 aliphatic carbocycles. The minimum atomic E-state index is 0.138. The second-order valence-corrected chi connectivity index (χ2v) is 6.95. The van der Waals surface area contributed by atoms with E-state index < -0.39 is 0 Å². The van der Waals surface area contributed by atoms with E-state index in [0.717, 1.165) is 0 Å². The molecule has 1 unspecified atom stereocenters. The van der Waals surface area contributed by atoms with Crippen LogP contribution >= 0.6 is 11.3 Å². The maximum atomic E-state index is 4.99. The van der Waals surface area contributed by atoms with E-state index in [9.17, 15) is 0 Å². The van der Waals surface area contributed by atoms with Gasteiger partial charge >= 0.3 is 0 Å². The Bertz CT molecular complexity index is 421. The van der Waals surface area contributed by atoms with Gasteiger partial charge in [0.2, 0.25) is 0 Å². The van der Waals surface area contributed by atoms with Gasteiger partial charge in [0.25, 0.3) is 0 Å². The summed E-state index contributed by atoms with van der Waals surface area (Å²) in [5.41, 5.74) is 1.53. The molecule has 4 heteroatoms. The summed E-state index contributed by atoms with van der Waals surface area (Å²) in [6.45, 7) is 5.88. The van der Waals surface area contributed by atoms with Gasteiger partial charge in [-0.1, -0.05) is 6.92 Å². The number of nitrogens with one attached hydrogen (secondary N) is 1. The van der Waals surface area contributed by atoms with Crippen LogP contribution in [0.5, 0.6) is 0 Å². The maximum Gasteiger partial charge on any atom is 0.113 e. The Labute approximate surface area is 120 Å². The number of thiazole rings is 1. The molecule has 2 heterocycles. The summed E-state index contributed by atoms with van der Waals surface area (Å²) in [5.74, 6) is 0. The Balaban J connectivity index is 1.85. The number of aromatic nitrogens is 1. The summed E-state index contributed by atoms with van der Waals surface area (Å²) in [4.78, 5) is 9.11. The van der Waals surface area contributed by atoms with Crippen molar-refractivity contribution < 1.29 is 0 Å². The predicted octanol–water partition coefficient (Wildman–Crippen LogP) is 2.55. The van der Waals surface area contributed by atoms with Crippen molar-refractivity contribution in [1.82, 2.24) is 15.2 Å². The lowest BCUT2D eigenvalue weighted by atomic mass is 9.91. The van der Waals surface area contributed by atoms with Crippen molar-refractivity contribution in [2.24, 2.45) is 0 Å². The predicted molar refractivity (Wildman–Crippen MR) is 80.8 cm³/mol. The molecule has 19 heavy (non-hydrogen) atoms. The van der Waals surface area contributed by atoms with Crippen LogP contribution in [0.3, 0.4) is 0 Å². The Morgan fingerprint density at radius 1 is 1.26 bits per heavy atom. The zero-order valence-electron chi connectivity index (χ0n) is 12.2. The summed E-state index contributed by atoms with van der Waals surface area (Å²) in [7, 11) is 2.12. The lowest BCUT2D eigenvalue weighted by Crippen LogP contribution is -2.41. The first-order valence-electron chi connectivity index (χ1n) is 7.68. The molecule has 0 saturated carbocycles. The first kappa shape index (κ1) is 13.5. The summed E-state index contributed by atoms with van der Waals surface area (Å²) >= 11 is 1.98. The summed E-state index contributed by atoms with van der Waals surface area (Å²) in [6, 6.07) is 0. The molecule has 1 atom stereocenters. The van der Waals surface area contributed by atoms with Crippen LogP contribution in [-0.4, -0.2) is 36.6 Å². The third-order valence-electron chi connectivity index (χ3n) is 4.86. The van der Waals surface area contributed by atoms with E-state index in [-0.39, 0.29) is 5.54 Å². The number of aryl methyl sites for hydroxylation is 2. The fourth-order valence-electron chi connectivity index (χ4n) is 3.47. The minimum Gasteiger partial charge on any atom is -0.308 e. The van der Waals surface area contributed by atoms with Gasteiger partial charge in [0.1, 0.15) is 5.01 Å². The van der Waals surface area contributed by atoms with E-state index in [2.05, 4.69) is 24.2 Å². The third-order valence-corrected chi connectivity index (χ3v) is 6.23. The highest BCUT2D eigenvalue weighted by Gasteiger charge is 2.36. The lowest BCUT2D eigenvalue weighted by Gasteiger charge is -2.30. The van der Waals surface area contributed by atoms with Crippen molar-refractivity contribution in [1.29, 1.82) is 0 Å². The molecule has 0 radical (unpaired) electrons. The van der Waals surface area contributed by atoms with E-state index in [1.807, 2.05) is 11.3 Å². The summed E-state index contributed by atoms with van der Waals surface area (Å²) in [5, 5.41) is 4.99. The Morgan fingerprint density at radius 3 is 2.89 bits per heavy atom. The highest BCUT2D eigenvalue weighted by Crippen LogP contribution is 2.38. The van der Waals surface area contributed by atoms with Gasteiger partial charge in [-0.3, -0.25) is 0 Å². The van der Waals surface area contributed by atoms with Crippen molar-refractivity contribution in [2.45, 2.75) is 51.0 Å². The fraction of sp³-hybridized carbons (Fsp3) is 0.800. The number of fused-ring (bicyclic) bond motifs is 1. The quantitative estimate of drug-likeness (QED) is 0.921. The molecule has 1 aliphatic heterocycles. The van der Waals surface area contributed by atoms with Crippen molar-refractivity contribution in [3.8, 4) is 0 Å². The number of likely N-dealkylation sites (tertiary alicyclic amines) is 1. The van der Waals surface area contributed by atoms with Gasteiger partial charge in [-0.15, -0.1) is 11.3 Å². The second-order valence-electron chi connectivity index (χ2n) is 5.86. The smallest absolute Gasteiger partial charge is 0.113 e. The van der Waals surface area contributed by atoms with Crippen LogP contribution in [0.15, 0.2) is 0 Å². The van der Waals surface area contributed by atoms with Crippen molar-refractivity contribution >= 4 is 11.3 Å². The van der Waals surface area contributed by atoms with Gasteiger partial charge in [-0.25, -0.2) is 4.98 Å². The zero-order valence-corrected chi connectivity index (χ0v) is 13.0. The normalized spacial score (nSPS) is 28.3. The first-order chi connectivity index (χ1) is 9.27. The molecule has 1 aromatic rings. The average molecular weight is 279 g/mol. The lowest BCUT2D eigenvalue weighted by molar-refractivity contribution is 0.273. The van der Waals surface area contributed by atoms with Crippen LogP contribution in [0.25, 0.3) is 0 Å². The molecule has 0 spiro atoms. The van der Waals surface area contributed by atoms with Gasteiger partial charge in [0.05, 0.1) is 11.2 Å². The van der Waals surface area contributed by atoms with E-state index in [4.69, 9.17) is 4.98 Å². The Morgan fingerprint density at radius 2 is 2.16 bits per heavy atom. The highest BCUT2D eigenvalue weighted by atomic mass is 32.1. The average Bonchev–Trinajstić information content (AvgIpc) is 2.95. The molecular weight excluding hydrogens is 254 g/mol. The number of hydrogen-bond acceptors (Lipinski definition) is 4. The van der Waals surface area contributed by atoms with Crippen LogP contribution < -0.4 is 5.32 Å². The van der Waals surface area contributed by atoms with Crippen LogP contribution in [0, 0.1) is 0 Å². The van der Waals surface area contributed by atoms with E-state index >= 15 is 0 Å². The Hall–Kier alpha value is -0.450. The van der Waals surface area contributed by atoms with Crippen molar-refractivity contribution in [3.63, 3.8) is 0 Å². The van der Waals surface area contributed by atoms with E-state index in [0.29, 0.717) is 0 Å². The van der Waals surface area contributed by atoms with Gasteiger partial charge in [0.15, 0.2) is 0 Å². The minimum absolute atomic E-state index is 0.138. The highest BCUT2D eigenvalue weighted by molar-refractivity contribution is 7.12. The molecular formula is C15H25N3S. The zero-order chi connectivity index (χ0) is 13.3. The third kappa shape index (κ3) is 2.46. The van der Waals surface area contributed by atoms with Crippen molar-refractivity contribution in [3.05, 3.63) is 15.6 Å². The monoisotopic (exact) mass is 279 g/mol. The molecule has 0 aromatic carbocycles. The molecule has 0 amide bonds. The molecule has 1 N–H and O–H groups in total. The van der Waals surface area contributed by atoms with Crippen LogP contribution in [0.2, 0.25) is 0 Å². The Kier molecular flexibility index (Phi) is 3.92. The molecule has 3 nitrogen and oxygen atoms in total. The summed E-state index contributed by atoms with van der Waals surface area (Å²) in [6.07, 6.45) is 7.47. The molecule has 0 bridgehead atoms. The standard InChI is InChI=1S/C15H25N3S/c1-3-18-10-5-8-15(16-2,9-11-18)14-17-12-6-4-7-13(12)19-14/h16H,3-11H2,1-2H3. The number of rotatable bonds is 3. The SMILES string of the molecule is CCN1CCCC(NC)(c2nc3c(s2)CCC3)CC1. The maximum absolute atomic E-state index is 4.99. The number of hydrogen-bond donors (Lipinski definition) is 1. The molecule has 2 aliphatic rings. The molecule has 1 saturated heterocycles. The molecule has 106 valence electrons. The van der Waals surface area contributed by atoms with Gasteiger partial charge in [-0.2, -0.15) is 0 Å². The first-order valence-corrected chi connectivity index (χ1v) is 8.49. The molecule has 3 rings (SSSR count). The largest absolute Gasteiger partial charge is 0.308 e. The number of nitrogens with zero attached hydrogens (tertiary/aromatic N) is 2. The fourth-order valence-corrected chi connectivity index (χ4v) is 4.88. The molecule has 1 fully saturated rings. The van der Waals surface area contributed by atoms with Crippen LogP contribution in [0.4, 0.5) is 0 Å². The van der Waals surface area contributed by atoms with E-state index in [1.165, 1.54) is 68.9 Å². The van der Waals surface area contributed by atoms with Crippen LogP contribution in [-0.2, 0) is 18.4 Å². The van der Waals surface area contributed by atoms with Crippen LogP contribution in [0.1, 0.15) is 48.2 Å². The van der Waals surface area contributed by atoms with Gasteiger partial charge in [-0.05, 0) is 58.7 Å². The van der Waals surface area contributed by atoms with Gasteiger partial charge < -0.3 is 10.2 Å². The topological polar surface area (TPSA) is 28.2 Å². The van der Waals surface area contributed by atoms with E-state index in [1.54, 1.807) is 4.88 Å². The van der Waals surface area contributed by atoms with Crippen molar-refractivity contribution in [2.75, 3.05) is 26.7 Å². The molecule has 1 aromatic heterocycles. The van der Waals surface area contributed by atoms with Gasteiger partial charge in [0, 0.05) is 11.4 Å². The second kappa shape index (κ2) is 5.51.